The van der Waals surface area contributed by atoms with Gasteiger partial charge in [0, 0.05) is 28.7 Å². The van der Waals surface area contributed by atoms with Crippen LogP contribution in [-0.2, 0) is 4.79 Å². The van der Waals surface area contributed by atoms with Crippen LogP contribution in [0.5, 0.6) is 0 Å². The van der Waals surface area contributed by atoms with Crippen molar-refractivity contribution in [3.8, 4) is 0 Å². The molecule has 3 amide bonds. The van der Waals surface area contributed by atoms with Crippen molar-refractivity contribution in [2.75, 3.05) is 17.3 Å². The molecule has 0 bridgehead atoms. The third-order valence-corrected chi connectivity index (χ3v) is 6.21. The molecule has 1 saturated carbocycles. The zero-order chi connectivity index (χ0) is 21.1. The summed E-state index contributed by atoms with van der Waals surface area (Å²) in [5.41, 5.74) is 3.38. The van der Waals surface area contributed by atoms with Crippen LogP contribution in [0.15, 0.2) is 58.0 Å². The number of aliphatic imine (C=N–C) groups is 1. The maximum atomic E-state index is 13.1. The minimum atomic E-state index is -0.966. The molecule has 1 aliphatic heterocycles. The molecule has 2 aromatic carbocycles. The monoisotopic (exact) mass is 468 g/mol. The van der Waals surface area contributed by atoms with Gasteiger partial charge in [0.2, 0.25) is 6.17 Å². The van der Waals surface area contributed by atoms with E-state index < -0.39 is 12.2 Å². The molecule has 4 rings (SSSR count). The highest BCUT2D eigenvalue weighted by Crippen LogP contribution is 2.33. The van der Waals surface area contributed by atoms with Crippen molar-refractivity contribution in [1.29, 1.82) is 0 Å². The van der Waals surface area contributed by atoms with Crippen LogP contribution in [0.1, 0.15) is 37.7 Å². The van der Waals surface area contributed by atoms with Crippen LogP contribution >= 0.6 is 15.9 Å². The molecule has 0 spiro atoms. The molecule has 1 heterocycles. The highest BCUT2D eigenvalue weighted by molar-refractivity contribution is 9.10. The molecule has 7 heteroatoms. The number of urea groups is 1. The number of fused-ring (bicyclic) bond motifs is 1. The zero-order valence-electron chi connectivity index (χ0n) is 16.9. The van der Waals surface area contributed by atoms with Crippen LogP contribution in [-0.4, -0.2) is 30.9 Å². The van der Waals surface area contributed by atoms with Gasteiger partial charge in [0.15, 0.2) is 0 Å². The number of benzene rings is 2. The lowest BCUT2D eigenvalue weighted by Gasteiger charge is -2.25. The molecule has 2 aliphatic rings. The number of amides is 3. The topological polar surface area (TPSA) is 73.8 Å². The minimum absolute atomic E-state index is 0.252. The summed E-state index contributed by atoms with van der Waals surface area (Å²) in [5.74, 6) is 0.0503. The Morgan fingerprint density at radius 2 is 1.87 bits per heavy atom. The zero-order valence-corrected chi connectivity index (χ0v) is 18.5. The first kappa shape index (κ1) is 20.6. The average Bonchev–Trinajstić information content (AvgIpc) is 2.85. The number of likely N-dealkylation sites (N-methyl/N-ethyl adjacent to an activating group) is 1. The number of rotatable bonds is 3. The van der Waals surface area contributed by atoms with Gasteiger partial charge >= 0.3 is 6.03 Å². The average molecular weight is 469 g/mol. The van der Waals surface area contributed by atoms with Gasteiger partial charge in [-0.05, 0) is 37.1 Å². The van der Waals surface area contributed by atoms with E-state index in [4.69, 9.17) is 4.99 Å². The third kappa shape index (κ3) is 4.41. The van der Waals surface area contributed by atoms with E-state index in [1.807, 2.05) is 36.4 Å². The summed E-state index contributed by atoms with van der Waals surface area (Å²) in [5, 5.41) is 5.55. The number of benzodiazepines with no additional fused rings is 1. The van der Waals surface area contributed by atoms with E-state index in [1.54, 1.807) is 24.1 Å². The van der Waals surface area contributed by atoms with Gasteiger partial charge in [-0.2, -0.15) is 0 Å². The molecule has 30 heavy (non-hydrogen) atoms. The van der Waals surface area contributed by atoms with Crippen LogP contribution in [0, 0.1) is 5.92 Å². The SMILES string of the molecule is CN1C(=O)C(NC(=O)Nc2cccc(Br)c2)N=C(C2CCCCC2)c2ccccc21. The molecular weight excluding hydrogens is 444 g/mol. The van der Waals surface area contributed by atoms with Crippen molar-refractivity contribution in [2.45, 2.75) is 38.3 Å². The van der Waals surface area contributed by atoms with Crippen molar-refractivity contribution >= 4 is 45.0 Å². The minimum Gasteiger partial charge on any atom is -0.311 e. The Labute approximate surface area is 184 Å². The molecule has 1 unspecified atom stereocenters. The largest absolute Gasteiger partial charge is 0.321 e. The predicted octanol–water partition coefficient (Wildman–Crippen LogP) is 4.94. The second-order valence-electron chi connectivity index (χ2n) is 7.78. The summed E-state index contributed by atoms with van der Waals surface area (Å²) >= 11 is 3.39. The Bertz CT molecular complexity index is 985. The van der Waals surface area contributed by atoms with E-state index in [-0.39, 0.29) is 5.91 Å². The molecule has 2 N–H and O–H groups in total. The van der Waals surface area contributed by atoms with Crippen molar-refractivity contribution in [3.05, 3.63) is 58.6 Å². The van der Waals surface area contributed by atoms with Gasteiger partial charge in [0.05, 0.1) is 11.4 Å². The fraction of sp³-hybridized carbons (Fsp3) is 0.348. The van der Waals surface area contributed by atoms with Crippen LogP contribution in [0.4, 0.5) is 16.2 Å². The molecule has 0 radical (unpaired) electrons. The van der Waals surface area contributed by atoms with Gasteiger partial charge in [-0.25, -0.2) is 4.79 Å². The highest BCUT2D eigenvalue weighted by atomic mass is 79.9. The number of nitrogens with one attached hydrogen (secondary N) is 2. The lowest BCUT2D eigenvalue weighted by atomic mass is 9.83. The quantitative estimate of drug-likeness (QED) is 0.668. The molecule has 1 fully saturated rings. The Kier molecular flexibility index (Phi) is 6.18. The molecule has 1 atom stereocenters. The number of anilines is 2. The van der Waals surface area contributed by atoms with Gasteiger partial charge in [-0.15, -0.1) is 0 Å². The van der Waals surface area contributed by atoms with Crippen molar-refractivity contribution in [1.82, 2.24) is 5.32 Å². The molecule has 0 aromatic heterocycles. The molecule has 6 nitrogen and oxygen atoms in total. The standard InChI is InChI=1S/C23H25BrN4O2/c1-28-19-13-6-5-12-18(19)20(15-8-3-2-4-9-15)26-21(22(28)29)27-23(30)25-17-11-7-10-16(24)14-17/h5-7,10-15,21H,2-4,8-9H2,1H3,(H2,25,27,30). The van der Waals surface area contributed by atoms with Gasteiger partial charge < -0.3 is 15.5 Å². The number of nitrogens with zero attached hydrogens (tertiary/aromatic N) is 2. The van der Waals surface area contributed by atoms with E-state index in [2.05, 4.69) is 26.6 Å². The van der Waals surface area contributed by atoms with Gasteiger partial charge in [0.1, 0.15) is 0 Å². The van der Waals surface area contributed by atoms with Gasteiger partial charge in [-0.3, -0.25) is 9.79 Å². The number of carbonyl (C=O) groups excluding carboxylic acids is 2. The molecule has 2 aromatic rings. The third-order valence-electron chi connectivity index (χ3n) is 5.72. The van der Waals surface area contributed by atoms with Crippen LogP contribution in [0.2, 0.25) is 0 Å². The van der Waals surface area contributed by atoms with Crippen LogP contribution < -0.4 is 15.5 Å². The normalized spacial score (nSPS) is 19.5. The number of hydrogen-bond acceptors (Lipinski definition) is 3. The van der Waals surface area contributed by atoms with Crippen molar-refractivity contribution < 1.29 is 9.59 Å². The summed E-state index contributed by atoms with van der Waals surface area (Å²) < 4.78 is 0.860. The predicted molar refractivity (Wildman–Crippen MR) is 123 cm³/mol. The van der Waals surface area contributed by atoms with Crippen molar-refractivity contribution in [3.63, 3.8) is 0 Å². The summed E-state index contributed by atoms with van der Waals surface area (Å²) in [4.78, 5) is 32.2. The molecular formula is C23H25BrN4O2. The summed E-state index contributed by atoms with van der Waals surface area (Å²) in [6, 6.07) is 14.7. The van der Waals surface area contributed by atoms with Crippen LogP contribution in [0.3, 0.4) is 0 Å². The van der Waals surface area contributed by atoms with Gasteiger partial charge in [0.25, 0.3) is 5.91 Å². The first-order valence-electron chi connectivity index (χ1n) is 10.3. The summed E-state index contributed by atoms with van der Waals surface area (Å²) in [6.45, 7) is 0. The maximum absolute atomic E-state index is 13.1. The first-order chi connectivity index (χ1) is 14.5. The first-order valence-corrected chi connectivity index (χ1v) is 11.1. The van der Waals surface area contributed by atoms with E-state index in [0.717, 1.165) is 47.1 Å². The summed E-state index contributed by atoms with van der Waals surface area (Å²) in [7, 11) is 1.74. The smallest absolute Gasteiger partial charge is 0.311 e. The Morgan fingerprint density at radius 1 is 1.10 bits per heavy atom. The van der Waals surface area contributed by atoms with Crippen LogP contribution in [0.25, 0.3) is 0 Å². The Hall–Kier alpha value is -2.67. The Morgan fingerprint density at radius 3 is 2.63 bits per heavy atom. The number of carbonyl (C=O) groups is 2. The second kappa shape index (κ2) is 9.00. The second-order valence-corrected chi connectivity index (χ2v) is 8.69. The fourth-order valence-electron chi connectivity index (χ4n) is 4.20. The van der Waals surface area contributed by atoms with E-state index in [9.17, 15) is 9.59 Å². The lowest BCUT2D eigenvalue weighted by Crippen LogP contribution is -2.47. The van der Waals surface area contributed by atoms with Crippen molar-refractivity contribution in [2.24, 2.45) is 10.9 Å². The lowest BCUT2D eigenvalue weighted by molar-refractivity contribution is -0.119. The van der Waals surface area contributed by atoms with E-state index in [1.165, 1.54) is 6.42 Å². The Balaban J connectivity index is 1.63. The highest BCUT2D eigenvalue weighted by Gasteiger charge is 2.33. The fourth-order valence-corrected chi connectivity index (χ4v) is 4.60. The molecule has 0 saturated heterocycles. The number of hydrogen-bond donors (Lipinski definition) is 2. The van der Waals surface area contributed by atoms with E-state index >= 15 is 0 Å². The molecule has 1 aliphatic carbocycles. The van der Waals surface area contributed by atoms with Gasteiger partial charge in [-0.1, -0.05) is 59.5 Å². The molecule has 156 valence electrons. The summed E-state index contributed by atoms with van der Waals surface area (Å²) in [6.07, 6.45) is 4.71. The maximum Gasteiger partial charge on any atom is 0.321 e. The van der Waals surface area contributed by atoms with E-state index in [0.29, 0.717) is 11.6 Å². The number of para-hydroxylation sites is 1. The number of halogens is 1.